The maximum absolute atomic E-state index is 8.56. The molecule has 0 spiro atoms. The Morgan fingerprint density at radius 3 is 2.88 bits per heavy atom. The number of nitrogens with zero attached hydrogens (tertiary/aromatic N) is 1. The van der Waals surface area contributed by atoms with Gasteiger partial charge in [-0.2, -0.15) is 0 Å². The predicted molar refractivity (Wildman–Crippen MR) is 69.3 cm³/mol. The van der Waals surface area contributed by atoms with E-state index >= 15 is 0 Å². The van der Waals surface area contributed by atoms with E-state index in [0.717, 1.165) is 23.1 Å². The highest BCUT2D eigenvalue weighted by Gasteiger charge is 2.44. The van der Waals surface area contributed by atoms with E-state index < -0.39 is 0 Å². The molecule has 0 amide bonds. The third kappa shape index (κ3) is 3.36. The molecule has 1 saturated carbocycles. The third-order valence-corrected chi connectivity index (χ3v) is 3.48. The molecular formula is C12H15BrN2O2. The largest absolute Gasteiger partial charge is 0.493 e. The summed E-state index contributed by atoms with van der Waals surface area (Å²) in [4.78, 5) is 0. The first-order chi connectivity index (χ1) is 8.13. The number of oxime groups is 1. The van der Waals surface area contributed by atoms with Crippen molar-refractivity contribution in [1.82, 2.24) is 0 Å². The molecule has 0 aliphatic heterocycles. The van der Waals surface area contributed by atoms with E-state index in [0.29, 0.717) is 13.0 Å². The van der Waals surface area contributed by atoms with Crippen molar-refractivity contribution in [1.29, 1.82) is 0 Å². The summed E-state index contributed by atoms with van der Waals surface area (Å²) in [5, 5.41) is 11.6. The molecule has 5 heteroatoms. The molecule has 0 heterocycles. The van der Waals surface area contributed by atoms with Crippen molar-refractivity contribution in [2.24, 2.45) is 16.3 Å². The van der Waals surface area contributed by atoms with Gasteiger partial charge in [0.1, 0.15) is 11.6 Å². The van der Waals surface area contributed by atoms with Crippen LogP contribution in [0.25, 0.3) is 0 Å². The highest BCUT2D eigenvalue weighted by Crippen LogP contribution is 2.49. The lowest BCUT2D eigenvalue weighted by atomic mass is 10.0. The molecule has 0 bridgehead atoms. The number of ether oxygens (including phenoxy) is 1. The number of hydrogen-bond donors (Lipinski definition) is 2. The Hall–Kier alpha value is -1.23. The standard InChI is InChI=1S/C12H15BrN2O2/c13-9-2-1-3-10(6-9)17-8-12(4-5-12)7-11(14)15-16/h1-3,6,16H,4-5,7-8H2,(H2,14,15). The molecule has 2 rings (SSSR count). The molecule has 1 aromatic rings. The highest BCUT2D eigenvalue weighted by molar-refractivity contribution is 9.10. The van der Waals surface area contributed by atoms with Crippen LogP contribution in [0.3, 0.4) is 0 Å². The minimum absolute atomic E-state index is 0.0681. The fraction of sp³-hybridized carbons (Fsp3) is 0.417. The summed E-state index contributed by atoms with van der Waals surface area (Å²) in [6, 6.07) is 7.74. The summed E-state index contributed by atoms with van der Waals surface area (Å²) in [5.41, 5.74) is 5.60. The van der Waals surface area contributed by atoms with Crippen LogP contribution in [0.5, 0.6) is 5.75 Å². The van der Waals surface area contributed by atoms with Crippen molar-refractivity contribution < 1.29 is 9.94 Å². The number of amidine groups is 1. The Balaban J connectivity index is 1.90. The van der Waals surface area contributed by atoms with E-state index in [1.54, 1.807) is 0 Å². The monoisotopic (exact) mass is 298 g/mol. The van der Waals surface area contributed by atoms with Gasteiger partial charge in [0.2, 0.25) is 0 Å². The zero-order chi connectivity index (χ0) is 12.3. The lowest BCUT2D eigenvalue weighted by Crippen LogP contribution is -2.22. The maximum atomic E-state index is 8.56. The van der Waals surface area contributed by atoms with E-state index in [9.17, 15) is 0 Å². The van der Waals surface area contributed by atoms with Gasteiger partial charge < -0.3 is 15.7 Å². The van der Waals surface area contributed by atoms with Crippen molar-refractivity contribution in [3.8, 4) is 5.75 Å². The molecule has 0 aromatic heterocycles. The van der Waals surface area contributed by atoms with Gasteiger partial charge in [-0.15, -0.1) is 0 Å². The fourth-order valence-corrected chi connectivity index (χ4v) is 2.14. The van der Waals surface area contributed by atoms with Crippen LogP contribution in [0.15, 0.2) is 33.9 Å². The van der Waals surface area contributed by atoms with Gasteiger partial charge in [-0.3, -0.25) is 0 Å². The Morgan fingerprint density at radius 1 is 1.53 bits per heavy atom. The van der Waals surface area contributed by atoms with Crippen LogP contribution >= 0.6 is 15.9 Å². The molecule has 0 unspecified atom stereocenters. The van der Waals surface area contributed by atoms with Gasteiger partial charge in [-0.25, -0.2) is 0 Å². The molecule has 1 aromatic carbocycles. The number of rotatable bonds is 5. The molecular weight excluding hydrogens is 284 g/mol. The van der Waals surface area contributed by atoms with Gasteiger partial charge in [0.25, 0.3) is 0 Å². The summed E-state index contributed by atoms with van der Waals surface area (Å²) in [6.45, 7) is 0.611. The number of halogens is 1. The Labute approximate surface area is 109 Å². The number of nitrogens with two attached hydrogens (primary N) is 1. The van der Waals surface area contributed by atoms with E-state index in [-0.39, 0.29) is 11.3 Å². The second-order valence-corrected chi connectivity index (χ2v) is 5.43. The lowest BCUT2D eigenvalue weighted by Gasteiger charge is -2.15. The van der Waals surface area contributed by atoms with Gasteiger partial charge in [0.15, 0.2) is 0 Å². The first-order valence-electron chi connectivity index (χ1n) is 5.48. The molecule has 0 saturated heterocycles. The topological polar surface area (TPSA) is 67.8 Å². The van der Waals surface area contributed by atoms with Crippen LogP contribution in [0.1, 0.15) is 19.3 Å². The summed E-state index contributed by atoms with van der Waals surface area (Å²) < 4.78 is 6.73. The molecule has 1 aliphatic carbocycles. The molecule has 17 heavy (non-hydrogen) atoms. The van der Waals surface area contributed by atoms with Gasteiger partial charge in [-0.1, -0.05) is 27.2 Å². The Bertz CT molecular complexity index is 430. The van der Waals surface area contributed by atoms with Crippen LogP contribution in [-0.2, 0) is 0 Å². The Morgan fingerprint density at radius 2 is 2.29 bits per heavy atom. The van der Waals surface area contributed by atoms with Gasteiger partial charge in [0.05, 0.1) is 6.61 Å². The number of benzene rings is 1. The van der Waals surface area contributed by atoms with Crippen molar-refractivity contribution in [3.05, 3.63) is 28.7 Å². The molecule has 0 atom stereocenters. The molecule has 3 N–H and O–H groups in total. The fourth-order valence-electron chi connectivity index (χ4n) is 1.76. The first-order valence-corrected chi connectivity index (χ1v) is 6.28. The van der Waals surface area contributed by atoms with E-state index in [2.05, 4.69) is 21.1 Å². The lowest BCUT2D eigenvalue weighted by molar-refractivity contribution is 0.236. The van der Waals surface area contributed by atoms with Gasteiger partial charge in [-0.05, 0) is 31.0 Å². The minimum Gasteiger partial charge on any atom is -0.493 e. The van der Waals surface area contributed by atoms with Gasteiger partial charge in [0, 0.05) is 16.3 Å². The summed E-state index contributed by atoms with van der Waals surface area (Å²) in [7, 11) is 0. The van der Waals surface area contributed by atoms with Crippen molar-refractivity contribution in [3.63, 3.8) is 0 Å². The molecule has 1 aliphatic rings. The zero-order valence-corrected chi connectivity index (χ0v) is 11.0. The van der Waals surface area contributed by atoms with E-state index in [1.165, 1.54) is 0 Å². The minimum atomic E-state index is 0.0681. The predicted octanol–water partition coefficient (Wildman–Crippen LogP) is 2.74. The molecule has 92 valence electrons. The average Bonchev–Trinajstić information content (AvgIpc) is 3.07. The van der Waals surface area contributed by atoms with Crippen molar-refractivity contribution >= 4 is 21.8 Å². The van der Waals surface area contributed by atoms with Crippen LogP contribution in [0, 0.1) is 5.41 Å². The summed E-state index contributed by atoms with van der Waals surface area (Å²) in [6.07, 6.45) is 2.73. The molecule has 0 radical (unpaired) electrons. The van der Waals surface area contributed by atoms with Crippen molar-refractivity contribution in [2.75, 3.05) is 6.61 Å². The smallest absolute Gasteiger partial charge is 0.139 e. The van der Waals surface area contributed by atoms with Crippen LogP contribution in [-0.4, -0.2) is 17.6 Å². The summed E-state index contributed by atoms with van der Waals surface area (Å²) >= 11 is 3.40. The second-order valence-electron chi connectivity index (χ2n) is 4.51. The Kier molecular flexibility index (Phi) is 3.57. The number of hydrogen-bond acceptors (Lipinski definition) is 3. The van der Waals surface area contributed by atoms with Crippen LogP contribution in [0.2, 0.25) is 0 Å². The van der Waals surface area contributed by atoms with Crippen LogP contribution in [0.4, 0.5) is 0 Å². The zero-order valence-electron chi connectivity index (χ0n) is 9.40. The van der Waals surface area contributed by atoms with Crippen molar-refractivity contribution in [2.45, 2.75) is 19.3 Å². The molecule has 1 fully saturated rings. The van der Waals surface area contributed by atoms with Crippen LogP contribution < -0.4 is 10.5 Å². The summed E-state index contributed by atoms with van der Waals surface area (Å²) in [5.74, 6) is 1.12. The SMILES string of the molecule is NC(CC1(COc2cccc(Br)c2)CC1)=NO. The average molecular weight is 299 g/mol. The maximum Gasteiger partial charge on any atom is 0.139 e. The highest BCUT2D eigenvalue weighted by atomic mass is 79.9. The molecule has 4 nitrogen and oxygen atoms in total. The van der Waals surface area contributed by atoms with E-state index in [4.69, 9.17) is 15.7 Å². The van der Waals surface area contributed by atoms with Gasteiger partial charge >= 0.3 is 0 Å². The van der Waals surface area contributed by atoms with E-state index in [1.807, 2.05) is 24.3 Å². The third-order valence-electron chi connectivity index (χ3n) is 2.98. The normalized spacial score (nSPS) is 17.8. The second kappa shape index (κ2) is 4.96. The quantitative estimate of drug-likeness (QED) is 0.380. The first kappa shape index (κ1) is 12.2.